The quantitative estimate of drug-likeness (QED) is 0.364. The van der Waals surface area contributed by atoms with E-state index in [2.05, 4.69) is 38.1 Å². The van der Waals surface area contributed by atoms with E-state index < -0.39 is 0 Å². The standard InChI is InChI=1S/C15H20S6/c1-3-9-18-14(16)20-11-12-7-5-6-8-13(12)21-15(17)19-10-4-2/h5-8H,3-4,9-11H2,1-2H3. The highest BCUT2D eigenvalue weighted by Crippen LogP contribution is 2.32. The Balaban J connectivity index is 2.54. The Morgan fingerprint density at radius 2 is 1.52 bits per heavy atom. The van der Waals surface area contributed by atoms with E-state index in [9.17, 15) is 0 Å². The fourth-order valence-corrected chi connectivity index (χ4v) is 5.81. The molecule has 0 fully saturated rings. The van der Waals surface area contributed by atoms with Crippen molar-refractivity contribution in [3.05, 3.63) is 29.8 Å². The lowest BCUT2D eigenvalue weighted by atomic mass is 10.2. The summed E-state index contributed by atoms with van der Waals surface area (Å²) in [6.45, 7) is 4.36. The van der Waals surface area contributed by atoms with Gasteiger partial charge in [0.25, 0.3) is 0 Å². The Bertz CT molecular complexity index is 457. The first kappa shape index (κ1) is 19.8. The monoisotopic (exact) mass is 392 g/mol. The van der Waals surface area contributed by atoms with Gasteiger partial charge in [-0.1, -0.05) is 68.2 Å². The molecule has 0 aliphatic carbocycles. The largest absolute Gasteiger partial charge is 0.109 e. The minimum absolute atomic E-state index is 0.930. The molecule has 0 heterocycles. The molecule has 0 aliphatic rings. The van der Waals surface area contributed by atoms with Gasteiger partial charge in [0.2, 0.25) is 0 Å². The molecule has 0 aromatic heterocycles. The van der Waals surface area contributed by atoms with Crippen LogP contribution in [-0.4, -0.2) is 18.6 Å². The first-order valence-electron chi connectivity index (χ1n) is 6.89. The van der Waals surface area contributed by atoms with Crippen LogP contribution in [0.1, 0.15) is 32.3 Å². The van der Waals surface area contributed by atoms with Crippen molar-refractivity contribution < 1.29 is 0 Å². The van der Waals surface area contributed by atoms with Gasteiger partial charge in [-0.2, -0.15) is 0 Å². The number of hydrogen-bond donors (Lipinski definition) is 0. The van der Waals surface area contributed by atoms with Crippen LogP contribution < -0.4 is 0 Å². The fraction of sp³-hybridized carbons (Fsp3) is 0.467. The minimum Gasteiger partial charge on any atom is -0.108 e. The van der Waals surface area contributed by atoms with E-state index >= 15 is 0 Å². The van der Waals surface area contributed by atoms with Crippen LogP contribution in [0.2, 0.25) is 0 Å². The van der Waals surface area contributed by atoms with Crippen molar-refractivity contribution in [3.8, 4) is 0 Å². The third-order valence-corrected chi connectivity index (χ3v) is 8.15. The number of thiocarbonyl (C=S) groups is 2. The maximum absolute atomic E-state index is 5.44. The van der Waals surface area contributed by atoms with Gasteiger partial charge in [-0.3, -0.25) is 0 Å². The van der Waals surface area contributed by atoms with E-state index in [1.54, 1.807) is 47.0 Å². The number of rotatable bonds is 7. The molecule has 0 aliphatic heterocycles. The van der Waals surface area contributed by atoms with Gasteiger partial charge in [0.15, 0.2) is 0 Å². The summed E-state index contributed by atoms with van der Waals surface area (Å²) in [6, 6.07) is 8.50. The van der Waals surface area contributed by atoms with E-state index in [1.165, 1.54) is 16.9 Å². The number of benzene rings is 1. The molecule has 21 heavy (non-hydrogen) atoms. The van der Waals surface area contributed by atoms with Gasteiger partial charge in [-0.05, 0) is 36.0 Å². The molecule has 0 unspecified atom stereocenters. The van der Waals surface area contributed by atoms with E-state index in [-0.39, 0.29) is 0 Å². The molecule has 0 saturated heterocycles. The van der Waals surface area contributed by atoms with Crippen molar-refractivity contribution in [2.24, 2.45) is 0 Å². The highest BCUT2D eigenvalue weighted by Gasteiger charge is 2.08. The zero-order valence-electron chi connectivity index (χ0n) is 12.3. The lowest BCUT2D eigenvalue weighted by molar-refractivity contribution is 1.11. The summed E-state index contributed by atoms with van der Waals surface area (Å²) in [5, 5.41) is 0. The fourth-order valence-electron chi connectivity index (χ4n) is 1.39. The second-order valence-corrected chi connectivity index (χ2v) is 10.8. The minimum atomic E-state index is 0.930. The Hall–Kier alpha value is 0.800. The first-order valence-corrected chi connectivity index (χ1v) is 11.5. The predicted octanol–water partition coefficient (Wildman–Crippen LogP) is 6.87. The molecule has 0 spiro atoms. The van der Waals surface area contributed by atoms with Gasteiger partial charge in [-0.25, -0.2) is 0 Å². The van der Waals surface area contributed by atoms with Crippen LogP contribution in [0.25, 0.3) is 0 Å². The maximum atomic E-state index is 5.44. The smallest absolute Gasteiger partial charge is 0.108 e. The molecule has 0 saturated carbocycles. The van der Waals surface area contributed by atoms with E-state index in [0.29, 0.717) is 0 Å². The topological polar surface area (TPSA) is 0 Å². The van der Waals surface area contributed by atoms with Gasteiger partial charge in [0.05, 0.1) is 0 Å². The molecule has 6 heteroatoms. The molecule has 0 radical (unpaired) electrons. The third-order valence-electron chi connectivity index (χ3n) is 2.36. The molecule has 0 bridgehead atoms. The van der Waals surface area contributed by atoms with Gasteiger partial charge in [0.1, 0.15) is 7.06 Å². The van der Waals surface area contributed by atoms with Gasteiger partial charge >= 0.3 is 0 Å². The highest BCUT2D eigenvalue weighted by molar-refractivity contribution is 8.47. The summed E-state index contributed by atoms with van der Waals surface area (Å²) in [5.41, 5.74) is 1.33. The molecule has 1 aromatic rings. The Kier molecular flexibility index (Phi) is 11.6. The van der Waals surface area contributed by atoms with Crippen molar-refractivity contribution in [2.45, 2.75) is 37.3 Å². The van der Waals surface area contributed by atoms with Crippen LogP contribution in [-0.2, 0) is 5.75 Å². The Labute approximate surface area is 156 Å². The molecule has 1 aromatic carbocycles. The molecule has 116 valence electrons. The maximum Gasteiger partial charge on any atom is 0.109 e. The summed E-state index contributed by atoms with van der Waals surface area (Å²) >= 11 is 17.9. The summed E-state index contributed by atoms with van der Waals surface area (Å²) in [7, 11) is 0. The van der Waals surface area contributed by atoms with Crippen molar-refractivity contribution in [2.75, 3.05) is 11.5 Å². The van der Waals surface area contributed by atoms with Crippen molar-refractivity contribution >= 4 is 78.5 Å². The second-order valence-electron chi connectivity index (χ2n) is 4.20. The van der Waals surface area contributed by atoms with E-state index in [4.69, 9.17) is 24.4 Å². The van der Waals surface area contributed by atoms with Crippen LogP contribution in [0.3, 0.4) is 0 Å². The molecule has 0 nitrogen and oxygen atoms in total. The summed E-state index contributed by atoms with van der Waals surface area (Å²) < 4.78 is 2.05. The summed E-state index contributed by atoms with van der Waals surface area (Å²) in [4.78, 5) is 1.27. The van der Waals surface area contributed by atoms with Crippen molar-refractivity contribution in [1.82, 2.24) is 0 Å². The van der Waals surface area contributed by atoms with Crippen LogP contribution in [0.5, 0.6) is 0 Å². The second kappa shape index (κ2) is 12.3. The van der Waals surface area contributed by atoms with Crippen LogP contribution in [0.4, 0.5) is 0 Å². The average Bonchev–Trinajstić information content (AvgIpc) is 2.50. The number of hydrogen-bond acceptors (Lipinski definition) is 6. The van der Waals surface area contributed by atoms with Gasteiger partial charge in [-0.15, -0.1) is 35.3 Å². The lowest BCUT2D eigenvalue weighted by Crippen LogP contribution is -1.91. The third kappa shape index (κ3) is 8.86. The Morgan fingerprint density at radius 1 is 0.905 bits per heavy atom. The SMILES string of the molecule is CCCSC(=S)SCc1ccccc1SC(=S)SCCC. The van der Waals surface area contributed by atoms with Crippen LogP contribution in [0.15, 0.2) is 29.2 Å². The normalized spacial score (nSPS) is 10.6. The van der Waals surface area contributed by atoms with Crippen LogP contribution in [0, 0.1) is 0 Å². The predicted molar refractivity (Wildman–Crippen MR) is 114 cm³/mol. The van der Waals surface area contributed by atoms with Crippen molar-refractivity contribution in [1.29, 1.82) is 0 Å². The Morgan fingerprint density at radius 3 is 2.19 bits per heavy atom. The molecule has 0 amide bonds. The molecule has 0 N–H and O–H groups in total. The van der Waals surface area contributed by atoms with Gasteiger partial charge < -0.3 is 0 Å². The molecular weight excluding hydrogens is 373 g/mol. The summed E-state index contributed by atoms with van der Waals surface area (Å²) in [6.07, 6.45) is 2.33. The van der Waals surface area contributed by atoms with E-state index in [1.807, 2.05) is 0 Å². The zero-order valence-corrected chi connectivity index (χ0v) is 17.2. The van der Waals surface area contributed by atoms with E-state index in [0.717, 1.165) is 30.7 Å². The number of thioether (sulfide) groups is 4. The summed E-state index contributed by atoms with van der Waals surface area (Å²) in [5.74, 6) is 3.14. The van der Waals surface area contributed by atoms with Crippen molar-refractivity contribution in [3.63, 3.8) is 0 Å². The van der Waals surface area contributed by atoms with Crippen LogP contribution >= 0.6 is 71.5 Å². The molecular formula is C15H20S6. The van der Waals surface area contributed by atoms with Gasteiger partial charge in [0, 0.05) is 10.6 Å². The molecule has 0 atom stereocenters. The first-order chi connectivity index (χ1) is 10.2. The zero-order chi connectivity index (χ0) is 15.5. The average molecular weight is 393 g/mol. The lowest BCUT2D eigenvalue weighted by Gasteiger charge is -2.09. The molecule has 1 rings (SSSR count). The highest BCUT2D eigenvalue weighted by atomic mass is 32.2.